The maximum Gasteiger partial charge on any atom is 0.340 e. The van der Waals surface area contributed by atoms with Crippen LogP contribution in [0, 0.1) is 3.95 Å². The van der Waals surface area contributed by atoms with E-state index >= 15 is 0 Å². The first kappa shape index (κ1) is 17.3. The molecule has 0 fully saturated rings. The van der Waals surface area contributed by atoms with Crippen molar-refractivity contribution in [3.63, 3.8) is 0 Å². The molecule has 0 aliphatic rings. The highest BCUT2D eigenvalue weighted by Gasteiger charge is 2.14. The van der Waals surface area contributed by atoms with Gasteiger partial charge in [-0.25, -0.2) is 4.79 Å². The first-order chi connectivity index (χ1) is 12.0. The molecule has 0 radical (unpaired) electrons. The summed E-state index contributed by atoms with van der Waals surface area (Å²) in [6.45, 7) is 1.34. The van der Waals surface area contributed by atoms with E-state index in [0.29, 0.717) is 9.65 Å². The van der Waals surface area contributed by atoms with E-state index in [2.05, 4.69) is 0 Å². The predicted octanol–water partition coefficient (Wildman–Crippen LogP) is 4.55. The number of thiazole rings is 1. The molecule has 25 heavy (non-hydrogen) atoms. The molecular weight excluding hydrogens is 354 g/mol. The molecule has 0 saturated carbocycles. The van der Waals surface area contributed by atoms with Gasteiger partial charge >= 0.3 is 5.97 Å². The van der Waals surface area contributed by atoms with Crippen molar-refractivity contribution in [2.45, 2.75) is 13.3 Å². The largest absolute Gasteiger partial charge is 0.340 e. The van der Waals surface area contributed by atoms with E-state index in [1.54, 1.807) is 0 Å². The number of carbonyl (C=O) groups excluding carboxylic acids is 2. The summed E-state index contributed by atoms with van der Waals surface area (Å²) in [6, 6.07) is 18.0. The molecule has 0 atom stereocenters. The molecule has 0 spiro atoms. The van der Waals surface area contributed by atoms with Crippen LogP contribution < -0.4 is 4.84 Å². The fourth-order valence-corrected chi connectivity index (χ4v) is 3.33. The standard InChI is InChI=1S/C19H15NO3S2/c1-13(21)11-18(22)23-20-17(12-25-19(20)24)16-9-7-15(8-10-16)14-5-3-2-4-6-14/h2-10,12H,11H2,1H3. The van der Waals surface area contributed by atoms with Gasteiger partial charge in [0.25, 0.3) is 0 Å². The number of aromatic nitrogens is 1. The van der Waals surface area contributed by atoms with Crippen molar-refractivity contribution in [1.29, 1.82) is 0 Å². The third-order valence-electron chi connectivity index (χ3n) is 3.53. The molecule has 0 saturated heterocycles. The summed E-state index contributed by atoms with van der Waals surface area (Å²) < 4.78 is 1.72. The fourth-order valence-electron chi connectivity index (χ4n) is 2.37. The van der Waals surface area contributed by atoms with Crippen LogP contribution in [0.1, 0.15) is 13.3 Å². The lowest BCUT2D eigenvalue weighted by atomic mass is 10.0. The van der Waals surface area contributed by atoms with Gasteiger partial charge in [-0.05, 0) is 30.3 Å². The van der Waals surface area contributed by atoms with Gasteiger partial charge in [0.1, 0.15) is 17.9 Å². The Kier molecular flexibility index (Phi) is 5.21. The Balaban J connectivity index is 1.89. The third kappa shape index (κ3) is 4.10. The molecule has 0 unspecified atom stereocenters. The maximum atomic E-state index is 11.8. The van der Waals surface area contributed by atoms with Gasteiger partial charge in [0, 0.05) is 10.9 Å². The highest BCUT2D eigenvalue weighted by Crippen LogP contribution is 2.26. The molecular formula is C19H15NO3S2. The number of hydrogen-bond donors (Lipinski definition) is 0. The molecule has 3 rings (SSSR count). The summed E-state index contributed by atoms with van der Waals surface area (Å²) in [7, 11) is 0. The van der Waals surface area contributed by atoms with Crippen molar-refractivity contribution in [3.05, 3.63) is 63.9 Å². The zero-order chi connectivity index (χ0) is 17.8. The van der Waals surface area contributed by atoms with Gasteiger partial charge in [-0.1, -0.05) is 54.6 Å². The molecule has 0 aliphatic carbocycles. The minimum Gasteiger partial charge on any atom is -0.334 e. The molecule has 1 heterocycles. The molecule has 0 aliphatic heterocycles. The number of ketones is 1. The van der Waals surface area contributed by atoms with Crippen molar-refractivity contribution in [3.8, 4) is 22.4 Å². The minimum absolute atomic E-state index is 0.250. The average Bonchev–Trinajstić information content (AvgIpc) is 2.96. The second-order valence-electron chi connectivity index (χ2n) is 5.47. The second kappa shape index (κ2) is 7.55. The molecule has 6 heteroatoms. The molecule has 2 aromatic carbocycles. The van der Waals surface area contributed by atoms with Crippen LogP contribution in [0.15, 0.2) is 60.0 Å². The number of benzene rings is 2. The van der Waals surface area contributed by atoms with E-state index in [9.17, 15) is 9.59 Å². The van der Waals surface area contributed by atoms with Gasteiger partial charge in [-0.2, -0.15) is 4.73 Å². The Bertz CT molecular complexity index is 956. The van der Waals surface area contributed by atoms with Crippen LogP contribution in [0.4, 0.5) is 0 Å². The van der Waals surface area contributed by atoms with Crippen LogP contribution in [0.5, 0.6) is 0 Å². The van der Waals surface area contributed by atoms with E-state index in [4.69, 9.17) is 17.1 Å². The summed E-state index contributed by atoms with van der Waals surface area (Å²) >= 11 is 6.53. The van der Waals surface area contributed by atoms with Crippen molar-refractivity contribution in [2.75, 3.05) is 0 Å². The smallest absolute Gasteiger partial charge is 0.334 e. The molecule has 3 aromatic rings. The van der Waals surface area contributed by atoms with Crippen molar-refractivity contribution < 1.29 is 14.4 Å². The number of carbonyl (C=O) groups is 2. The molecule has 1 aromatic heterocycles. The Hall–Kier alpha value is -2.57. The Morgan fingerprint density at radius 1 is 1.00 bits per heavy atom. The van der Waals surface area contributed by atoms with Gasteiger partial charge in [-0.3, -0.25) is 4.79 Å². The first-order valence-electron chi connectivity index (χ1n) is 7.61. The van der Waals surface area contributed by atoms with E-state index < -0.39 is 5.97 Å². The van der Waals surface area contributed by atoms with Gasteiger partial charge in [-0.15, -0.1) is 11.3 Å². The second-order valence-corrected chi connectivity index (χ2v) is 6.97. The van der Waals surface area contributed by atoms with Crippen molar-refractivity contribution >= 4 is 35.3 Å². The molecule has 0 N–H and O–H groups in total. The van der Waals surface area contributed by atoms with Crippen LogP contribution in [-0.4, -0.2) is 16.5 Å². The van der Waals surface area contributed by atoms with E-state index in [1.807, 2.05) is 60.0 Å². The fraction of sp³-hybridized carbons (Fsp3) is 0.105. The summed E-state index contributed by atoms with van der Waals surface area (Å²) in [5.74, 6) is -0.871. The highest BCUT2D eigenvalue weighted by atomic mass is 32.1. The van der Waals surface area contributed by atoms with E-state index in [-0.39, 0.29) is 12.2 Å². The normalized spacial score (nSPS) is 10.4. The van der Waals surface area contributed by atoms with Crippen molar-refractivity contribution in [2.24, 2.45) is 0 Å². The topological polar surface area (TPSA) is 48.3 Å². The lowest BCUT2D eigenvalue weighted by molar-refractivity contribution is -0.146. The number of Topliss-reactive ketones (excluding diaryl/α,β-unsaturated/α-hetero) is 1. The number of hydrogen-bond acceptors (Lipinski definition) is 5. The van der Waals surface area contributed by atoms with E-state index in [0.717, 1.165) is 16.7 Å². The first-order valence-corrected chi connectivity index (χ1v) is 8.90. The van der Waals surface area contributed by atoms with Gasteiger partial charge in [0.05, 0.1) is 0 Å². The lowest BCUT2D eigenvalue weighted by Gasteiger charge is -2.09. The molecule has 0 amide bonds. The monoisotopic (exact) mass is 369 g/mol. The molecule has 4 nitrogen and oxygen atoms in total. The highest BCUT2D eigenvalue weighted by molar-refractivity contribution is 7.73. The number of nitrogens with zero attached hydrogens (tertiary/aromatic N) is 1. The maximum absolute atomic E-state index is 11.8. The van der Waals surface area contributed by atoms with E-state index in [1.165, 1.54) is 23.0 Å². The summed E-state index contributed by atoms with van der Waals surface area (Å²) in [5, 5.41) is 1.83. The number of rotatable bonds is 5. The molecule has 126 valence electrons. The van der Waals surface area contributed by atoms with Crippen LogP contribution >= 0.6 is 23.6 Å². The summed E-state index contributed by atoms with van der Waals surface area (Å²) in [5.41, 5.74) is 3.79. The quantitative estimate of drug-likeness (QED) is 0.489. The van der Waals surface area contributed by atoms with Crippen LogP contribution in [-0.2, 0) is 9.59 Å². The zero-order valence-electron chi connectivity index (χ0n) is 13.5. The Labute approximate surface area is 154 Å². The third-order valence-corrected chi connectivity index (χ3v) is 4.69. The van der Waals surface area contributed by atoms with Gasteiger partial charge in [0.15, 0.2) is 3.95 Å². The Morgan fingerprint density at radius 3 is 2.24 bits per heavy atom. The summed E-state index contributed by atoms with van der Waals surface area (Å²) in [6.07, 6.45) is -0.274. The predicted molar refractivity (Wildman–Crippen MR) is 101 cm³/mol. The SMILES string of the molecule is CC(=O)CC(=O)On1c(-c2ccc(-c3ccccc3)cc2)csc1=S. The van der Waals surface area contributed by atoms with Crippen LogP contribution in [0.3, 0.4) is 0 Å². The van der Waals surface area contributed by atoms with Gasteiger partial charge in [0.2, 0.25) is 0 Å². The van der Waals surface area contributed by atoms with Crippen molar-refractivity contribution in [1.82, 2.24) is 4.73 Å². The summed E-state index contributed by atoms with van der Waals surface area (Å²) in [4.78, 5) is 28.1. The van der Waals surface area contributed by atoms with Gasteiger partial charge < -0.3 is 4.84 Å². The molecule has 0 bridgehead atoms. The van der Waals surface area contributed by atoms with Crippen LogP contribution in [0.25, 0.3) is 22.4 Å². The lowest BCUT2D eigenvalue weighted by Crippen LogP contribution is -2.22. The zero-order valence-corrected chi connectivity index (χ0v) is 15.1. The average molecular weight is 369 g/mol. The van der Waals surface area contributed by atoms with Crippen LogP contribution in [0.2, 0.25) is 0 Å². The Morgan fingerprint density at radius 2 is 1.60 bits per heavy atom. The minimum atomic E-state index is -0.621.